The van der Waals surface area contributed by atoms with E-state index in [1.165, 1.54) is 0 Å². The molecule has 29 N–H and O–H groups in total. The Morgan fingerprint density at radius 2 is 0.486 bits per heavy atom. The third-order valence-corrected chi connectivity index (χ3v) is 24.9. The van der Waals surface area contributed by atoms with Gasteiger partial charge in [-0.25, -0.2) is 52.6 Å². The summed E-state index contributed by atoms with van der Waals surface area (Å²) in [7, 11) is -73.1. The van der Waals surface area contributed by atoms with Crippen LogP contribution >= 0.6 is 0 Å². The molecule has 0 radical (unpaired) electrons. The van der Waals surface area contributed by atoms with Gasteiger partial charge in [0.25, 0.3) is 0 Å². The first-order chi connectivity index (χ1) is 63.4. The molecular formula is C48H76N4O76S12. The van der Waals surface area contributed by atoms with E-state index in [1.54, 1.807) is 0 Å². The molecule has 8 aliphatic rings. The molecule has 0 saturated carbocycles. The van der Waals surface area contributed by atoms with E-state index in [0.717, 1.165) is 18.9 Å². The van der Waals surface area contributed by atoms with Crippen molar-refractivity contribution in [2.45, 2.75) is 233 Å². The van der Waals surface area contributed by atoms with Crippen molar-refractivity contribution in [2.24, 2.45) is 0 Å². The van der Waals surface area contributed by atoms with Gasteiger partial charge in [0.1, 0.15) is 140 Å². The molecule has 816 valence electrons. The number of aliphatic carboxylic acids is 4. The minimum atomic E-state index is -6.52. The van der Waals surface area contributed by atoms with Crippen molar-refractivity contribution >= 4 is 148 Å². The average Bonchev–Trinajstić information content (AvgIpc) is 0.749. The van der Waals surface area contributed by atoms with Gasteiger partial charge in [0.05, 0.1) is 26.4 Å². The molecule has 7 fully saturated rings. The molecule has 0 aromatic heterocycles. The number of hydrogen-bond donors (Lipinski definition) is 29. The second-order valence-electron chi connectivity index (χ2n) is 28.7. The minimum Gasteiger partial charge on any atom is -0.479 e. The minimum absolute atomic E-state index is 0.159. The van der Waals surface area contributed by atoms with E-state index in [2.05, 4.69) is 33.5 Å². The van der Waals surface area contributed by atoms with Crippen LogP contribution in [0.25, 0.3) is 0 Å². The Kier molecular flexibility index (Phi) is 39.1. The number of rotatable bonds is 46. The van der Waals surface area contributed by atoms with Crippen LogP contribution in [0.5, 0.6) is 0 Å². The Balaban J connectivity index is 1.15. The SMILES string of the molecule is O=C(O)C1=C[C@H](O)[C@@H](OS(=O)(=O)O)[C@H](O[C@H]2[C@H](O)[C@@H](NS(=O)(=O)O)[C@@H](O[C@H]3[C@H](O)[C@@H](OS(=O)(=O)O)[C@H](O[C@H]4[C@H](O)[C@@H](NS(=O)(=O)O)[C@@H](O[C@H]5[C@H](O)[C@@H](OS(=O)(=O)O)[C@H](O[C@H]6[C@H](O)[C@@H](NS(=O)(=O)O)[C@@H](O[C@H]7[C@H](O)[C@@H](OS(=O)(=O)O)[C@H](O[C@H]8[C@H](O)[C@@H](NS(=O)(=O)O)C(O)O[C@@H]8COS(=O)(=O)O)O[C@H]7C(=O)O)O[C@@H]6COS(=O)(=O)O)O[C@H]5C(=O)O)O[C@@H]4COS(=O)(=O)O)O[C@H]3C(=O)O)O[C@@H]2COS(=O)(=O)O)O1. The van der Waals surface area contributed by atoms with Crippen molar-refractivity contribution in [3.8, 4) is 0 Å². The molecule has 7 saturated heterocycles. The Morgan fingerprint density at radius 1 is 0.264 bits per heavy atom. The highest BCUT2D eigenvalue weighted by atomic mass is 32.3. The largest absolute Gasteiger partial charge is 0.479 e. The molecule has 80 nitrogen and oxygen atoms in total. The summed E-state index contributed by atoms with van der Waals surface area (Å²) in [6, 6.07) is -12.4. The monoisotopic (exact) mass is 2310 g/mol. The summed E-state index contributed by atoms with van der Waals surface area (Å²) < 4.78 is 531. The fraction of sp³-hybridized carbons (Fsp3) is 0.875. The van der Waals surface area contributed by atoms with Crippen LogP contribution in [0.4, 0.5) is 0 Å². The third-order valence-electron chi connectivity index (χ3n) is 19.0. The zero-order valence-corrected chi connectivity index (χ0v) is 76.5. The molecule has 0 aliphatic carbocycles. The number of ether oxygens (including phenoxy) is 15. The van der Waals surface area contributed by atoms with Crippen molar-refractivity contribution in [2.75, 3.05) is 26.4 Å². The van der Waals surface area contributed by atoms with Gasteiger partial charge in [-0.1, -0.05) is 0 Å². The second kappa shape index (κ2) is 45.6. The first-order valence-corrected chi connectivity index (χ1v) is 52.7. The van der Waals surface area contributed by atoms with Crippen LogP contribution in [0.2, 0.25) is 0 Å². The molecule has 0 amide bonds. The summed E-state index contributed by atoms with van der Waals surface area (Å²) in [6.07, 6.45) is -109. The normalized spacial score (nSPS) is 38.5. The number of nitrogens with one attached hydrogen (secondary N) is 4. The highest BCUT2D eigenvalue weighted by molar-refractivity contribution is 7.85. The average molecular weight is 2310 g/mol. The van der Waals surface area contributed by atoms with Crippen LogP contribution in [0.1, 0.15) is 0 Å². The molecule has 38 atom stereocenters. The fourth-order valence-electron chi connectivity index (χ4n) is 13.8. The molecule has 8 rings (SSSR count). The maximum Gasteiger partial charge on any atom is 0.397 e. The molecule has 0 bridgehead atoms. The van der Waals surface area contributed by atoms with E-state index >= 15 is 0 Å². The smallest absolute Gasteiger partial charge is 0.397 e. The van der Waals surface area contributed by atoms with Crippen LogP contribution < -0.4 is 18.9 Å². The van der Waals surface area contributed by atoms with E-state index in [4.69, 9.17) is 71.1 Å². The van der Waals surface area contributed by atoms with Crippen molar-refractivity contribution in [3.05, 3.63) is 11.8 Å². The third kappa shape index (κ3) is 34.5. The fourth-order valence-corrected chi connectivity index (χ4v) is 19.4. The predicted octanol–water partition coefficient (Wildman–Crippen LogP) is -20.7. The summed E-state index contributed by atoms with van der Waals surface area (Å²) >= 11 is 0. The van der Waals surface area contributed by atoms with Crippen LogP contribution in [0, 0.1) is 0 Å². The number of hydrogen-bond acceptors (Lipinski definition) is 60. The van der Waals surface area contributed by atoms with Crippen LogP contribution in [-0.4, -0.2) is 506 Å². The molecule has 0 spiro atoms. The van der Waals surface area contributed by atoms with E-state index in [1.807, 2.05) is 0 Å². The molecule has 8 aliphatic heterocycles. The van der Waals surface area contributed by atoms with Crippen LogP contribution in [-0.2, 0) is 248 Å². The Morgan fingerprint density at radius 3 is 0.714 bits per heavy atom. The van der Waals surface area contributed by atoms with Crippen LogP contribution in [0.3, 0.4) is 0 Å². The Bertz CT molecular complexity index is 5920. The van der Waals surface area contributed by atoms with Crippen molar-refractivity contribution in [1.29, 1.82) is 0 Å². The summed E-state index contributed by atoms with van der Waals surface area (Å²) in [4.78, 5) is 51.9. The lowest BCUT2D eigenvalue weighted by molar-refractivity contribution is -0.378. The number of carbonyl (C=O) groups is 4. The van der Waals surface area contributed by atoms with Gasteiger partial charge in [0.2, 0.25) is 12.0 Å². The maximum atomic E-state index is 13.5. The number of aliphatic hydroxyl groups excluding tert-OH is 9. The van der Waals surface area contributed by atoms with Gasteiger partial charge in [-0.05, 0) is 6.08 Å². The zero-order chi connectivity index (χ0) is 106. The predicted molar refractivity (Wildman–Crippen MR) is 398 cm³/mol. The molecular weight excluding hydrogens is 2230 g/mol. The molecule has 0 aromatic rings. The van der Waals surface area contributed by atoms with Crippen LogP contribution in [0.15, 0.2) is 11.8 Å². The summed E-state index contributed by atoms with van der Waals surface area (Å²) in [5, 5.41) is 146. The van der Waals surface area contributed by atoms with Gasteiger partial charge in [0.15, 0.2) is 86.8 Å². The quantitative estimate of drug-likeness (QED) is 0.0252. The number of aliphatic hydroxyl groups is 9. The molecule has 1 unspecified atom stereocenters. The van der Waals surface area contributed by atoms with E-state index < -0.39 is 414 Å². The first kappa shape index (κ1) is 120. The van der Waals surface area contributed by atoms with E-state index in [0.29, 0.717) is 0 Å². The maximum absolute atomic E-state index is 13.5. The molecule has 0 aromatic carbocycles. The second-order valence-corrected chi connectivity index (χ2v) is 42.0. The Hall–Kier alpha value is -5.06. The van der Waals surface area contributed by atoms with Gasteiger partial charge in [-0.2, -0.15) is 120 Å². The number of carboxylic acids is 4. The summed E-state index contributed by atoms with van der Waals surface area (Å²) in [5.74, 6) is -11.7. The standard InChI is InChI=1S/C48H76N4O76S12/c53-6-1-7(37(61)62)111-45(23(6)125-137(94,95)96)115-25-9(3-107-134(85,86)87)112-42(13(17(25)55)50-130(73,74)75)119-29-21(59)32(127-139(100,101)102)47(123-35(29)39(65)66)117-27-11(5-109-136(91,92)93)114-44(15(19(27)57)52-132(79,80)81)121-30-22(60)33(128-140(103,104)105)48(124-36(30)40(67)68)118-26-10(4-108-135(88,89)90)113-43(14(18(26)56)51-131(76,77)78)120-28-20(58)31(126-138(97,98)99)46(122-34(28)38(63)64)116-24-8(2-106-133(82,83)84)110-41(69)12(16(24)54)49-129(70,71)72/h1,6,8-36,41-60,69H,2-5H2,(H,61,62)(H,63,64)(H,65,66)(H,67,68)(H,70,71,72)(H,73,74,75)(H,76,77,78)(H,79,80,81)(H,82,83,84)(H,85,86,87)(H,88,89,90)(H,91,92,93)(H,94,95,96)(H,97,98,99)(H,100,101,102)(H,103,104,105)/t6-,8+,9+,10+,11+,12+,13+,14+,15+,16+,17+,18+,19+,20-,21-,22-,23+,24+,25+,26+,27+,28-,29-,30-,31+,32+,33+,34+,35+,36+,41?,42+,43+,44+,45-,46+,47+,48+/m0/s1. The molecule has 92 heteroatoms. The van der Waals surface area contributed by atoms with Gasteiger partial charge in [-0.15, -0.1) is 0 Å². The van der Waals surface area contributed by atoms with Crippen molar-refractivity contribution in [3.63, 3.8) is 0 Å². The van der Waals surface area contributed by atoms with Crippen molar-refractivity contribution in [1.82, 2.24) is 18.9 Å². The van der Waals surface area contributed by atoms with E-state index in [9.17, 15) is 241 Å². The lowest BCUT2D eigenvalue weighted by atomic mass is 9.94. The highest BCUT2D eigenvalue weighted by Crippen LogP contribution is 2.42. The Labute approximate surface area is 780 Å². The zero-order valence-electron chi connectivity index (χ0n) is 66.7. The lowest BCUT2D eigenvalue weighted by Gasteiger charge is -2.50. The first-order valence-electron chi connectivity index (χ1n) is 36.0. The van der Waals surface area contributed by atoms with Gasteiger partial charge >= 0.3 is 148 Å². The van der Waals surface area contributed by atoms with Gasteiger partial charge in [0, 0.05) is 0 Å². The van der Waals surface area contributed by atoms with Crippen molar-refractivity contribution < 1.29 is 346 Å². The topological polar surface area (TPSA) is 1240 Å². The molecule has 140 heavy (non-hydrogen) atoms. The summed E-state index contributed by atoms with van der Waals surface area (Å²) in [6.45, 7) is -7.95. The number of carboxylic acid groups (broad SMARTS) is 4. The highest BCUT2D eigenvalue weighted by Gasteiger charge is 2.65. The van der Waals surface area contributed by atoms with Gasteiger partial charge < -0.3 is 137 Å². The molecule has 8 heterocycles. The van der Waals surface area contributed by atoms with E-state index in [-0.39, 0.29) is 6.08 Å². The summed E-state index contributed by atoms with van der Waals surface area (Å²) in [5.41, 5.74) is 0. The van der Waals surface area contributed by atoms with Gasteiger partial charge in [-0.3, -0.25) is 54.6 Å². The lowest BCUT2D eigenvalue weighted by Crippen LogP contribution is -2.71.